The number of para-hydroxylation sites is 6. The zero-order valence-electron chi connectivity index (χ0n) is 39.3. The van der Waals surface area contributed by atoms with E-state index in [1.807, 2.05) is 0 Å². The molecule has 0 aliphatic rings. The second kappa shape index (κ2) is 17.1. The van der Waals surface area contributed by atoms with Crippen molar-refractivity contribution in [3.8, 4) is 22.5 Å². The maximum Gasteiger partial charge on any atom is 0.0561 e. The van der Waals surface area contributed by atoms with E-state index in [2.05, 4.69) is 298 Å². The van der Waals surface area contributed by atoms with Gasteiger partial charge in [-0.2, -0.15) is 0 Å². The fraction of sp³-hybridized carbons (Fsp3) is 0. The van der Waals surface area contributed by atoms with E-state index in [0.717, 1.165) is 62.1 Å². The number of anilines is 6. The number of rotatable bonds is 9. The van der Waals surface area contributed by atoms with Crippen molar-refractivity contribution in [3.63, 3.8) is 0 Å². The zero-order chi connectivity index (χ0) is 47.5. The third-order valence-corrected chi connectivity index (χ3v) is 14.4. The van der Waals surface area contributed by atoms with E-state index in [1.165, 1.54) is 59.7 Å². The van der Waals surface area contributed by atoms with Crippen LogP contribution in [0.25, 0.3) is 87.7 Å². The van der Waals surface area contributed by atoms with E-state index >= 15 is 0 Å². The average molecular weight is 919 g/mol. The molecule has 0 atom stereocenters. The Hall–Kier alpha value is -9.64. The molecule has 0 saturated heterocycles. The van der Waals surface area contributed by atoms with Crippen LogP contribution in [0.15, 0.2) is 279 Å². The molecule has 0 unspecified atom stereocenters. The van der Waals surface area contributed by atoms with Gasteiger partial charge in [0.2, 0.25) is 0 Å². The summed E-state index contributed by atoms with van der Waals surface area (Å²) >= 11 is 0. The van der Waals surface area contributed by atoms with Crippen LogP contribution in [-0.4, -0.2) is 9.13 Å². The van der Waals surface area contributed by atoms with Gasteiger partial charge >= 0.3 is 0 Å². The van der Waals surface area contributed by atoms with Crippen molar-refractivity contribution < 1.29 is 0 Å². The fourth-order valence-electron chi connectivity index (χ4n) is 11.3. The third kappa shape index (κ3) is 6.84. The predicted molar refractivity (Wildman–Crippen MR) is 305 cm³/mol. The summed E-state index contributed by atoms with van der Waals surface area (Å²) in [6.45, 7) is 0. The third-order valence-electron chi connectivity index (χ3n) is 14.4. The molecule has 14 rings (SSSR count). The standard InChI is InChI=1S/C68H46N4/c1-5-22-49(23-6-1)69(53-37-39-62-60-33-17-19-35-65(60)71(67(62)45-53)51-26-9-3-10-27-51)55-41-48(64-43-47-21-13-14-30-57(47)58-31-15-16-32-59(58)64)42-56(44-55)70(50-24-7-2-8-25-50)54-38-40-63-61-34-18-20-36-66(61)72(68(63)46-54)52-28-11-4-12-29-52/h1-46H. The van der Waals surface area contributed by atoms with Gasteiger partial charge in [0.25, 0.3) is 0 Å². The molecule has 2 aromatic heterocycles. The Kier molecular flexibility index (Phi) is 9.82. The highest BCUT2D eigenvalue weighted by Crippen LogP contribution is 2.47. The van der Waals surface area contributed by atoms with Crippen LogP contribution in [0.3, 0.4) is 0 Å². The summed E-state index contributed by atoms with van der Waals surface area (Å²) in [5.74, 6) is 0. The lowest BCUT2D eigenvalue weighted by atomic mass is 9.92. The molecule has 0 N–H and O–H groups in total. The number of benzene rings is 12. The van der Waals surface area contributed by atoms with Gasteiger partial charge in [-0.1, -0.05) is 170 Å². The van der Waals surface area contributed by atoms with E-state index in [-0.39, 0.29) is 0 Å². The van der Waals surface area contributed by atoms with E-state index in [4.69, 9.17) is 0 Å². The Morgan fingerprint density at radius 1 is 0.222 bits per heavy atom. The summed E-state index contributed by atoms with van der Waals surface area (Å²) in [6.07, 6.45) is 0. The van der Waals surface area contributed by atoms with Gasteiger partial charge < -0.3 is 18.9 Å². The normalized spacial score (nSPS) is 11.6. The van der Waals surface area contributed by atoms with Crippen LogP contribution < -0.4 is 9.80 Å². The monoisotopic (exact) mass is 918 g/mol. The van der Waals surface area contributed by atoms with Crippen molar-refractivity contribution in [2.45, 2.75) is 0 Å². The summed E-state index contributed by atoms with van der Waals surface area (Å²) in [6, 6.07) is 102. The lowest BCUT2D eigenvalue weighted by molar-refractivity contribution is 1.17. The van der Waals surface area contributed by atoms with E-state index < -0.39 is 0 Å². The summed E-state index contributed by atoms with van der Waals surface area (Å²) in [5.41, 5.74) is 15.5. The maximum absolute atomic E-state index is 2.43. The molecule has 0 radical (unpaired) electrons. The number of aromatic nitrogens is 2. The van der Waals surface area contributed by atoms with Crippen molar-refractivity contribution in [1.82, 2.24) is 9.13 Å². The molecular formula is C68H46N4. The highest BCUT2D eigenvalue weighted by molar-refractivity contribution is 6.15. The molecule has 0 spiro atoms. The first kappa shape index (κ1) is 41.3. The number of nitrogens with zero attached hydrogens (tertiary/aromatic N) is 4. The molecule has 0 aliphatic heterocycles. The molecule has 14 aromatic rings. The Morgan fingerprint density at radius 2 is 0.611 bits per heavy atom. The molecule has 12 aromatic carbocycles. The van der Waals surface area contributed by atoms with Crippen molar-refractivity contribution in [2.75, 3.05) is 9.80 Å². The molecule has 2 heterocycles. The van der Waals surface area contributed by atoms with Crippen LogP contribution in [0.5, 0.6) is 0 Å². The van der Waals surface area contributed by atoms with Crippen LogP contribution >= 0.6 is 0 Å². The van der Waals surface area contributed by atoms with Crippen LogP contribution in [0.1, 0.15) is 0 Å². The highest BCUT2D eigenvalue weighted by atomic mass is 15.2. The largest absolute Gasteiger partial charge is 0.310 e. The quantitative estimate of drug-likeness (QED) is 0.134. The van der Waals surface area contributed by atoms with Gasteiger partial charge in [0.1, 0.15) is 0 Å². The Balaban J connectivity index is 1.06. The van der Waals surface area contributed by atoms with Crippen LogP contribution in [0.4, 0.5) is 34.1 Å². The zero-order valence-corrected chi connectivity index (χ0v) is 39.3. The van der Waals surface area contributed by atoms with Gasteiger partial charge in [-0.3, -0.25) is 0 Å². The smallest absolute Gasteiger partial charge is 0.0561 e. The molecule has 4 heteroatoms. The molecule has 0 bridgehead atoms. The number of fused-ring (bicyclic) bond motifs is 9. The highest BCUT2D eigenvalue weighted by Gasteiger charge is 2.23. The first-order chi connectivity index (χ1) is 35.7. The molecule has 72 heavy (non-hydrogen) atoms. The van der Waals surface area contributed by atoms with Crippen molar-refractivity contribution >= 4 is 99.3 Å². The second-order valence-corrected chi connectivity index (χ2v) is 18.5. The predicted octanol–water partition coefficient (Wildman–Crippen LogP) is 18.8. The Labute approximate surface area is 417 Å². The summed E-state index contributed by atoms with van der Waals surface area (Å²) in [4.78, 5) is 4.87. The van der Waals surface area contributed by atoms with Crippen molar-refractivity contribution in [2.24, 2.45) is 0 Å². The van der Waals surface area contributed by atoms with Crippen molar-refractivity contribution in [1.29, 1.82) is 0 Å². The summed E-state index contributed by atoms with van der Waals surface area (Å²) in [5, 5.41) is 9.76. The fourth-order valence-corrected chi connectivity index (χ4v) is 11.3. The van der Waals surface area contributed by atoms with Gasteiger partial charge in [-0.05, 0) is 142 Å². The minimum atomic E-state index is 1.04. The van der Waals surface area contributed by atoms with E-state index in [9.17, 15) is 0 Å². The molecular weight excluding hydrogens is 873 g/mol. The number of hydrogen-bond acceptors (Lipinski definition) is 2. The van der Waals surface area contributed by atoms with Gasteiger partial charge in [-0.25, -0.2) is 0 Å². The van der Waals surface area contributed by atoms with E-state index in [1.54, 1.807) is 0 Å². The molecule has 0 saturated carbocycles. The number of hydrogen-bond donors (Lipinski definition) is 0. The summed E-state index contributed by atoms with van der Waals surface area (Å²) in [7, 11) is 0. The van der Waals surface area contributed by atoms with Gasteiger partial charge in [0, 0.05) is 67.0 Å². The average Bonchev–Trinajstić information content (AvgIpc) is 3.96. The topological polar surface area (TPSA) is 16.3 Å². The maximum atomic E-state index is 2.43. The second-order valence-electron chi connectivity index (χ2n) is 18.5. The summed E-state index contributed by atoms with van der Waals surface area (Å²) < 4.78 is 4.81. The van der Waals surface area contributed by atoms with Crippen LogP contribution in [-0.2, 0) is 0 Å². The molecule has 0 aliphatic carbocycles. The molecule has 0 fully saturated rings. The lowest BCUT2D eigenvalue weighted by Crippen LogP contribution is -2.14. The van der Waals surface area contributed by atoms with Crippen molar-refractivity contribution in [3.05, 3.63) is 279 Å². The van der Waals surface area contributed by atoms with Gasteiger partial charge in [-0.15, -0.1) is 0 Å². The molecule has 4 nitrogen and oxygen atoms in total. The van der Waals surface area contributed by atoms with Gasteiger partial charge in [0.15, 0.2) is 0 Å². The Bertz CT molecular complexity index is 4110. The lowest BCUT2D eigenvalue weighted by Gasteiger charge is -2.30. The minimum Gasteiger partial charge on any atom is -0.310 e. The van der Waals surface area contributed by atoms with Gasteiger partial charge in [0.05, 0.1) is 22.1 Å². The Morgan fingerprint density at radius 3 is 1.11 bits per heavy atom. The first-order valence-electron chi connectivity index (χ1n) is 24.7. The van der Waals surface area contributed by atoms with Crippen LogP contribution in [0, 0.1) is 0 Å². The molecule has 0 amide bonds. The van der Waals surface area contributed by atoms with Crippen LogP contribution in [0.2, 0.25) is 0 Å². The first-order valence-corrected chi connectivity index (χ1v) is 24.7. The molecule has 338 valence electrons. The minimum absolute atomic E-state index is 1.04. The SMILES string of the molecule is c1ccc(N(c2cc(-c3cc4ccccc4c4ccccc34)cc(N(c3ccccc3)c3ccc4c5ccccc5n(-c5ccccc5)c4c3)c2)c2ccc3c4ccccc4n(-c4ccccc4)c3c2)cc1. The van der Waals surface area contributed by atoms with E-state index in [0.29, 0.717) is 0 Å².